The number of nitrogens with zero attached hydrogens (tertiary/aromatic N) is 1. The largest absolute Gasteiger partial charge is 0.472 e. The Bertz CT molecular complexity index is 718. The summed E-state index contributed by atoms with van der Waals surface area (Å²) in [7, 11) is 1.62. The third-order valence-electron chi connectivity index (χ3n) is 8.61. The Labute approximate surface area is 279 Å². The number of phosphoric ester groups is 1. The molecule has 0 spiro atoms. The maximum Gasteiger partial charge on any atom is 0.472 e. The van der Waals surface area contributed by atoms with Gasteiger partial charge >= 0.3 is 7.82 Å². The highest BCUT2D eigenvalue weighted by atomic mass is 31.2. The van der Waals surface area contributed by atoms with Crippen molar-refractivity contribution in [2.75, 3.05) is 40.9 Å². The number of likely N-dealkylation sites (N-methyl/N-ethyl adjacent to an activating group) is 1. The van der Waals surface area contributed by atoms with Crippen molar-refractivity contribution in [2.24, 2.45) is 0 Å². The van der Waals surface area contributed by atoms with E-state index in [1.807, 2.05) is 21.1 Å². The van der Waals surface area contributed by atoms with Crippen molar-refractivity contribution in [2.45, 2.75) is 187 Å². The second kappa shape index (κ2) is 29.6. The Balaban J connectivity index is 4.41. The number of hydrogen-bond donors (Lipinski definition) is 3. The number of amides is 1. The van der Waals surface area contributed by atoms with Crippen molar-refractivity contribution in [3.63, 3.8) is 0 Å². The number of aliphatic hydroxyl groups is 1. The number of rotatable bonds is 34. The number of unbranched alkanes of at least 4 members (excludes halogenated alkanes) is 21. The van der Waals surface area contributed by atoms with E-state index in [4.69, 9.17) is 9.05 Å². The van der Waals surface area contributed by atoms with Crippen LogP contribution in [0.1, 0.15) is 174 Å². The zero-order chi connectivity index (χ0) is 33.7. The van der Waals surface area contributed by atoms with Gasteiger partial charge in [0.25, 0.3) is 0 Å². The lowest BCUT2D eigenvalue weighted by atomic mass is 10.0. The molecule has 0 heterocycles. The lowest BCUT2D eigenvalue weighted by Crippen LogP contribution is -2.46. The first-order valence-corrected chi connectivity index (χ1v) is 20.4. The molecule has 0 saturated carbocycles. The van der Waals surface area contributed by atoms with Crippen molar-refractivity contribution in [1.29, 1.82) is 0 Å². The molecule has 0 radical (unpaired) electrons. The zero-order valence-corrected chi connectivity index (χ0v) is 31.3. The van der Waals surface area contributed by atoms with Gasteiger partial charge in [-0.2, -0.15) is 0 Å². The average molecular weight is 664 g/mol. The molecule has 3 unspecified atom stereocenters. The normalized spacial score (nSPS) is 14.7. The minimum absolute atomic E-state index is 0.0778. The maximum atomic E-state index is 12.8. The van der Waals surface area contributed by atoms with E-state index in [9.17, 15) is 19.4 Å². The van der Waals surface area contributed by atoms with Crippen molar-refractivity contribution >= 4 is 13.7 Å². The molecule has 0 fully saturated rings. The van der Waals surface area contributed by atoms with E-state index in [-0.39, 0.29) is 19.1 Å². The predicted molar refractivity (Wildman–Crippen MR) is 189 cm³/mol. The quantitative estimate of drug-likeness (QED) is 0.0360. The van der Waals surface area contributed by atoms with Crippen LogP contribution in [0, 0.1) is 0 Å². The zero-order valence-electron chi connectivity index (χ0n) is 30.4. The summed E-state index contributed by atoms with van der Waals surface area (Å²) >= 11 is 0. The van der Waals surface area contributed by atoms with Gasteiger partial charge in [-0.1, -0.05) is 155 Å². The number of phosphoric acid groups is 1. The average Bonchev–Trinajstić information content (AvgIpc) is 2.97. The molecule has 0 aromatic heterocycles. The van der Waals surface area contributed by atoms with Gasteiger partial charge < -0.3 is 19.8 Å². The molecule has 1 amide bonds. The molecule has 0 aliphatic rings. The summed E-state index contributed by atoms with van der Waals surface area (Å²) in [6, 6.07) is -0.749. The molecular weight excluding hydrogens is 587 g/mol. The van der Waals surface area contributed by atoms with Crippen LogP contribution in [0.4, 0.5) is 0 Å². The molecule has 45 heavy (non-hydrogen) atoms. The van der Waals surface area contributed by atoms with E-state index in [0.717, 1.165) is 38.5 Å². The van der Waals surface area contributed by atoms with Gasteiger partial charge in [0.05, 0.1) is 39.9 Å². The summed E-state index contributed by atoms with van der Waals surface area (Å²) in [5.74, 6) is -0.146. The maximum absolute atomic E-state index is 12.8. The molecule has 0 rings (SSSR count). The molecule has 0 bridgehead atoms. The van der Waals surface area contributed by atoms with Gasteiger partial charge in [0, 0.05) is 6.42 Å². The number of quaternary nitrogens is 1. The summed E-state index contributed by atoms with van der Waals surface area (Å²) in [6.07, 6.45) is 28.3. The van der Waals surface area contributed by atoms with Crippen molar-refractivity contribution in [3.05, 3.63) is 0 Å². The summed E-state index contributed by atoms with van der Waals surface area (Å²) < 4.78 is 23.5. The molecule has 9 heteroatoms. The van der Waals surface area contributed by atoms with Crippen LogP contribution in [0.5, 0.6) is 0 Å². The Morgan fingerprint density at radius 2 is 1.07 bits per heavy atom. The number of carbonyl (C=O) groups is 1. The lowest BCUT2D eigenvalue weighted by molar-refractivity contribution is -0.870. The lowest BCUT2D eigenvalue weighted by Gasteiger charge is -2.26. The first kappa shape index (κ1) is 44.5. The smallest absolute Gasteiger partial charge is 0.391 e. The summed E-state index contributed by atoms with van der Waals surface area (Å²) in [5, 5.41) is 13.8. The first-order valence-electron chi connectivity index (χ1n) is 18.9. The molecule has 0 aromatic rings. The standard InChI is InChI=1S/C36H75N2O6P/c1-6-8-10-12-14-16-17-18-19-20-22-24-26-28-30-36(40)37-34(33-44-45(41,42)43-32-31-38(3,4)5)35(39)29-27-25-23-21-15-13-11-9-7-2/h34-35,39H,6-33H2,1-5H3,(H-,37,40,41,42)/p+1. The fourth-order valence-electron chi connectivity index (χ4n) is 5.52. The van der Waals surface area contributed by atoms with Crippen LogP contribution in [0.15, 0.2) is 0 Å². The Kier molecular flexibility index (Phi) is 29.3. The number of aliphatic hydroxyl groups excluding tert-OH is 1. The predicted octanol–water partition coefficient (Wildman–Crippen LogP) is 9.46. The molecule has 8 nitrogen and oxygen atoms in total. The van der Waals surface area contributed by atoms with Gasteiger partial charge in [-0.05, 0) is 12.8 Å². The molecule has 3 atom stereocenters. The van der Waals surface area contributed by atoms with Crippen LogP contribution in [0.3, 0.4) is 0 Å². The van der Waals surface area contributed by atoms with E-state index >= 15 is 0 Å². The van der Waals surface area contributed by atoms with Crippen molar-refractivity contribution in [3.8, 4) is 0 Å². The van der Waals surface area contributed by atoms with Crippen molar-refractivity contribution < 1.29 is 32.9 Å². The van der Waals surface area contributed by atoms with Crippen LogP contribution in [-0.2, 0) is 18.4 Å². The number of nitrogens with one attached hydrogen (secondary N) is 1. The molecule has 0 aromatic carbocycles. The second-order valence-corrected chi connectivity index (χ2v) is 15.8. The van der Waals surface area contributed by atoms with Crippen LogP contribution >= 0.6 is 7.82 Å². The van der Waals surface area contributed by atoms with Gasteiger partial charge in [0.1, 0.15) is 13.2 Å². The molecule has 3 N–H and O–H groups in total. The Morgan fingerprint density at radius 1 is 0.667 bits per heavy atom. The van der Waals surface area contributed by atoms with Crippen LogP contribution < -0.4 is 5.32 Å². The second-order valence-electron chi connectivity index (χ2n) is 14.3. The summed E-state index contributed by atoms with van der Waals surface area (Å²) in [6.45, 7) is 4.85. The Hall–Kier alpha value is -0.500. The van der Waals surface area contributed by atoms with E-state index in [1.165, 1.54) is 109 Å². The fourth-order valence-corrected chi connectivity index (χ4v) is 6.25. The van der Waals surface area contributed by atoms with E-state index in [0.29, 0.717) is 23.9 Å². The van der Waals surface area contributed by atoms with Gasteiger partial charge in [0.15, 0.2) is 0 Å². The molecule has 0 saturated heterocycles. The van der Waals surface area contributed by atoms with Crippen LogP contribution in [0.25, 0.3) is 0 Å². The van der Waals surface area contributed by atoms with Crippen LogP contribution in [-0.4, -0.2) is 73.4 Å². The van der Waals surface area contributed by atoms with E-state index in [1.54, 1.807) is 0 Å². The molecular formula is C36H76N2O6P+. The molecule has 0 aliphatic carbocycles. The summed E-state index contributed by atoms with van der Waals surface area (Å²) in [5.41, 5.74) is 0. The minimum Gasteiger partial charge on any atom is -0.391 e. The topological polar surface area (TPSA) is 105 Å². The fraction of sp³-hybridized carbons (Fsp3) is 0.972. The summed E-state index contributed by atoms with van der Waals surface area (Å²) in [4.78, 5) is 22.9. The SMILES string of the molecule is CCCCCCCCCCCCCCCCC(=O)NC(COP(=O)(O)OCC[N+](C)(C)C)C(O)CCCCCCCCCCC. The number of hydrogen-bond acceptors (Lipinski definition) is 5. The highest BCUT2D eigenvalue weighted by Crippen LogP contribution is 2.43. The third-order valence-corrected chi connectivity index (χ3v) is 9.59. The van der Waals surface area contributed by atoms with Gasteiger partial charge in [-0.3, -0.25) is 13.8 Å². The molecule has 270 valence electrons. The van der Waals surface area contributed by atoms with Gasteiger partial charge in [0.2, 0.25) is 5.91 Å². The minimum atomic E-state index is -4.29. The molecule has 0 aliphatic heterocycles. The highest BCUT2D eigenvalue weighted by molar-refractivity contribution is 7.47. The Morgan fingerprint density at radius 3 is 1.49 bits per heavy atom. The van der Waals surface area contributed by atoms with Crippen molar-refractivity contribution in [1.82, 2.24) is 5.32 Å². The number of carbonyl (C=O) groups excluding carboxylic acids is 1. The third kappa shape index (κ3) is 31.8. The van der Waals surface area contributed by atoms with Gasteiger partial charge in [-0.15, -0.1) is 0 Å². The van der Waals surface area contributed by atoms with E-state index < -0.39 is 20.0 Å². The monoisotopic (exact) mass is 664 g/mol. The first-order chi connectivity index (χ1) is 21.5. The van der Waals surface area contributed by atoms with Gasteiger partial charge in [-0.25, -0.2) is 4.57 Å². The highest BCUT2D eigenvalue weighted by Gasteiger charge is 2.28. The van der Waals surface area contributed by atoms with Crippen LogP contribution in [0.2, 0.25) is 0 Å². The van der Waals surface area contributed by atoms with E-state index in [2.05, 4.69) is 19.2 Å².